The number of piperazine rings is 1. The van der Waals surface area contributed by atoms with Crippen molar-refractivity contribution in [2.75, 3.05) is 32.8 Å². The van der Waals surface area contributed by atoms with Gasteiger partial charge in [0.2, 0.25) is 0 Å². The Morgan fingerprint density at radius 1 is 1.07 bits per heavy atom. The highest BCUT2D eigenvalue weighted by Crippen LogP contribution is 2.29. The van der Waals surface area contributed by atoms with Gasteiger partial charge in [-0.05, 0) is 24.3 Å². The molecule has 0 unspecified atom stereocenters. The lowest BCUT2D eigenvalue weighted by Gasteiger charge is -2.33. The van der Waals surface area contributed by atoms with E-state index in [-0.39, 0.29) is 42.9 Å². The first-order valence-electron chi connectivity index (χ1n) is 7.88. The van der Waals surface area contributed by atoms with E-state index >= 15 is 0 Å². The second kappa shape index (κ2) is 8.55. The number of benzene rings is 1. The monoisotopic (exact) mass is 468 g/mol. The molecule has 0 N–H and O–H groups in total. The number of carbonyl (C=O) groups excluding carboxylic acids is 1. The molecule has 1 fully saturated rings. The number of halogens is 3. The van der Waals surface area contributed by atoms with E-state index in [1.165, 1.54) is 16.4 Å². The largest absolute Gasteiger partial charge is 0.482 e. The summed E-state index contributed by atoms with van der Waals surface area (Å²) >= 11 is 18.7. The molecular weight excluding hydrogens is 455 g/mol. The SMILES string of the molecule is O=C(COc1cc(Cl)ccc1Cl)N1CCN(S(=O)(=O)c2ccc(Cl)s2)CC1. The standard InChI is InChI=1S/C16H15Cl3N2O4S2/c17-11-1-2-12(18)13(9-11)25-10-15(22)20-5-7-21(8-6-20)27(23,24)16-4-3-14(19)26-16/h1-4,9H,5-8,10H2. The topological polar surface area (TPSA) is 66.9 Å². The molecule has 1 aliphatic rings. The van der Waals surface area contributed by atoms with Crippen molar-refractivity contribution >= 4 is 62.1 Å². The van der Waals surface area contributed by atoms with Crippen LogP contribution in [0.3, 0.4) is 0 Å². The lowest BCUT2D eigenvalue weighted by molar-refractivity contribution is -0.134. The van der Waals surface area contributed by atoms with Crippen LogP contribution in [0.2, 0.25) is 14.4 Å². The Bertz CT molecular complexity index is 941. The fraction of sp³-hybridized carbons (Fsp3) is 0.312. The van der Waals surface area contributed by atoms with Gasteiger partial charge in [0.05, 0.1) is 9.36 Å². The summed E-state index contributed by atoms with van der Waals surface area (Å²) in [5.74, 6) is 0.0792. The minimum atomic E-state index is -3.59. The number of amides is 1. The smallest absolute Gasteiger partial charge is 0.260 e. The third kappa shape index (κ3) is 4.88. The van der Waals surface area contributed by atoms with E-state index in [1.54, 1.807) is 23.1 Å². The maximum atomic E-state index is 12.6. The van der Waals surface area contributed by atoms with Crippen LogP contribution in [-0.4, -0.2) is 56.3 Å². The molecule has 11 heteroatoms. The van der Waals surface area contributed by atoms with E-state index in [2.05, 4.69) is 0 Å². The first kappa shape index (κ1) is 20.7. The number of nitrogens with zero attached hydrogens (tertiary/aromatic N) is 2. The van der Waals surface area contributed by atoms with Gasteiger partial charge in [0.15, 0.2) is 6.61 Å². The minimum absolute atomic E-state index is 0.200. The van der Waals surface area contributed by atoms with Crippen molar-refractivity contribution in [1.82, 2.24) is 9.21 Å². The minimum Gasteiger partial charge on any atom is -0.482 e. The van der Waals surface area contributed by atoms with Gasteiger partial charge in [-0.15, -0.1) is 11.3 Å². The van der Waals surface area contributed by atoms with Gasteiger partial charge in [0, 0.05) is 37.3 Å². The van der Waals surface area contributed by atoms with Crippen LogP contribution < -0.4 is 4.74 Å². The van der Waals surface area contributed by atoms with Crippen LogP contribution in [0.25, 0.3) is 0 Å². The highest BCUT2D eigenvalue weighted by molar-refractivity contribution is 7.91. The lowest BCUT2D eigenvalue weighted by Crippen LogP contribution is -2.51. The van der Waals surface area contributed by atoms with Gasteiger partial charge in [0.25, 0.3) is 15.9 Å². The average Bonchev–Trinajstić information content (AvgIpc) is 3.09. The fourth-order valence-electron chi connectivity index (χ4n) is 2.56. The van der Waals surface area contributed by atoms with Crippen molar-refractivity contribution in [2.24, 2.45) is 0 Å². The molecule has 0 spiro atoms. The summed E-state index contributed by atoms with van der Waals surface area (Å²) < 4.78 is 32.6. The summed E-state index contributed by atoms with van der Waals surface area (Å²) in [7, 11) is -3.59. The molecule has 146 valence electrons. The summed E-state index contributed by atoms with van der Waals surface area (Å²) in [6.07, 6.45) is 0. The molecule has 1 aromatic carbocycles. The molecule has 0 bridgehead atoms. The number of hydrogen-bond donors (Lipinski definition) is 0. The first-order chi connectivity index (χ1) is 12.8. The molecule has 27 heavy (non-hydrogen) atoms. The molecule has 1 aliphatic heterocycles. The van der Waals surface area contributed by atoms with Crippen molar-refractivity contribution in [2.45, 2.75) is 4.21 Å². The Balaban J connectivity index is 1.55. The molecule has 1 aromatic heterocycles. The molecule has 2 aromatic rings. The van der Waals surface area contributed by atoms with E-state index in [1.807, 2.05) is 0 Å². The van der Waals surface area contributed by atoms with Gasteiger partial charge < -0.3 is 9.64 Å². The normalized spacial score (nSPS) is 15.7. The van der Waals surface area contributed by atoms with Crippen molar-refractivity contribution < 1.29 is 17.9 Å². The third-order valence-corrected chi connectivity index (χ3v) is 8.12. The van der Waals surface area contributed by atoms with E-state index < -0.39 is 10.0 Å². The summed E-state index contributed by atoms with van der Waals surface area (Å²) in [5, 5.41) is 0.812. The predicted molar refractivity (Wildman–Crippen MR) is 107 cm³/mol. The summed E-state index contributed by atoms with van der Waals surface area (Å²) in [6.45, 7) is 0.782. The maximum absolute atomic E-state index is 12.6. The molecular formula is C16H15Cl3N2O4S2. The molecule has 3 rings (SSSR count). The number of carbonyl (C=O) groups is 1. The second-order valence-electron chi connectivity index (χ2n) is 5.71. The van der Waals surface area contributed by atoms with Gasteiger partial charge in [0.1, 0.15) is 9.96 Å². The molecule has 2 heterocycles. The molecule has 0 saturated carbocycles. The van der Waals surface area contributed by atoms with Crippen molar-refractivity contribution in [3.63, 3.8) is 0 Å². The number of ether oxygens (including phenoxy) is 1. The van der Waals surface area contributed by atoms with Crippen molar-refractivity contribution in [3.05, 3.63) is 44.7 Å². The quantitative estimate of drug-likeness (QED) is 0.671. The Morgan fingerprint density at radius 3 is 2.41 bits per heavy atom. The summed E-state index contributed by atoms with van der Waals surface area (Å²) in [5.41, 5.74) is 0. The van der Waals surface area contributed by atoms with Gasteiger partial charge >= 0.3 is 0 Å². The Morgan fingerprint density at radius 2 is 1.78 bits per heavy atom. The zero-order valence-corrected chi connectivity index (χ0v) is 17.8. The zero-order valence-electron chi connectivity index (χ0n) is 13.9. The lowest BCUT2D eigenvalue weighted by atomic mass is 10.3. The molecule has 1 saturated heterocycles. The average molecular weight is 470 g/mol. The van der Waals surface area contributed by atoms with Crippen LogP contribution in [0.5, 0.6) is 5.75 Å². The van der Waals surface area contributed by atoms with Gasteiger partial charge in [-0.2, -0.15) is 4.31 Å². The summed E-state index contributed by atoms with van der Waals surface area (Å²) in [4.78, 5) is 13.9. The summed E-state index contributed by atoms with van der Waals surface area (Å²) in [6, 6.07) is 7.79. The highest BCUT2D eigenvalue weighted by atomic mass is 35.5. The molecule has 0 radical (unpaired) electrons. The number of rotatable bonds is 5. The first-order valence-corrected chi connectivity index (χ1v) is 11.3. The molecule has 1 amide bonds. The van der Waals surface area contributed by atoms with Gasteiger partial charge in [-0.3, -0.25) is 4.79 Å². The van der Waals surface area contributed by atoms with Crippen molar-refractivity contribution in [3.8, 4) is 5.75 Å². The number of hydrogen-bond acceptors (Lipinski definition) is 5. The van der Waals surface area contributed by atoms with Crippen LogP contribution in [-0.2, 0) is 14.8 Å². The van der Waals surface area contributed by atoms with Crippen LogP contribution >= 0.6 is 46.1 Å². The predicted octanol–water partition coefficient (Wildman–Crippen LogP) is 3.62. The van der Waals surface area contributed by atoms with Gasteiger partial charge in [-0.25, -0.2) is 8.42 Å². The Kier molecular flexibility index (Phi) is 6.55. The van der Waals surface area contributed by atoms with Crippen LogP contribution in [0.15, 0.2) is 34.5 Å². The number of sulfonamides is 1. The maximum Gasteiger partial charge on any atom is 0.260 e. The molecule has 0 atom stereocenters. The van der Waals surface area contributed by atoms with E-state index in [4.69, 9.17) is 39.5 Å². The Labute approximate surface area is 176 Å². The fourth-order valence-corrected chi connectivity index (χ4v) is 5.95. The molecule has 6 nitrogen and oxygen atoms in total. The number of thiophene rings is 1. The van der Waals surface area contributed by atoms with E-state index in [9.17, 15) is 13.2 Å². The van der Waals surface area contributed by atoms with Gasteiger partial charge in [-0.1, -0.05) is 34.8 Å². The molecule has 0 aliphatic carbocycles. The van der Waals surface area contributed by atoms with Crippen LogP contribution in [0.1, 0.15) is 0 Å². The van der Waals surface area contributed by atoms with E-state index in [0.29, 0.717) is 20.1 Å². The Hall–Kier alpha value is -1.03. The van der Waals surface area contributed by atoms with Crippen LogP contribution in [0, 0.1) is 0 Å². The highest BCUT2D eigenvalue weighted by Gasteiger charge is 2.31. The second-order valence-corrected chi connectivity index (χ2v) is 10.4. The van der Waals surface area contributed by atoms with Crippen LogP contribution in [0.4, 0.5) is 0 Å². The van der Waals surface area contributed by atoms with Crippen molar-refractivity contribution in [1.29, 1.82) is 0 Å². The third-order valence-electron chi connectivity index (χ3n) is 3.98. The zero-order chi connectivity index (χ0) is 19.6. The van der Waals surface area contributed by atoms with E-state index in [0.717, 1.165) is 11.3 Å².